The minimum absolute atomic E-state index is 0.0992. The fourth-order valence-corrected chi connectivity index (χ4v) is 2.62. The molecule has 2 unspecified atom stereocenters. The molecule has 3 heteroatoms. The van der Waals surface area contributed by atoms with Gasteiger partial charge in [0.1, 0.15) is 5.60 Å². The lowest BCUT2D eigenvalue weighted by Gasteiger charge is -2.29. The predicted octanol–water partition coefficient (Wildman–Crippen LogP) is 3.28. The van der Waals surface area contributed by atoms with Crippen molar-refractivity contribution in [1.82, 2.24) is 5.32 Å². The third kappa shape index (κ3) is 6.39. The van der Waals surface area contributed by atoms with Gasteiger partial charge in [0.15, 0.2) is 0 Å². The first-order valence-electron chi connectivity index (χ1n) is 7.36. The van der Waals surface area contributed by atoms with Gasteiger partial charge >= 0.3 is 5.97 Å². The first-order chi connectivity index (χ1) is 8.40. The van der Waals surface area contributed by atoms with Gasteiger partial charge < -0.3 is 10.1 Å². The SMILES string of the molecule is CCC1CCCC(NCCC(=O)OC(C)(C)C)C1. The number of carbonyl (C=O) groups is 1. The van der Waals surface area contributed by atoms with Crippen molar-refractivity contribution in [1.29, 1.82) is 0 Å². The van der Waals surface area contributed by atoms with E-state index >= 15 is 0 Å². The molecule has 0 aromatic heterocycles. The lowest BCUT2D eigenvalue weighted by Crippen LogP contribution is -2.36. The van der Waals surface area contributed by atoms with Gasteiger partial charge in [0, 0.05) is 12.6 Å². The molecule has 1 aliphatic carbocycles. The fourth-order valence-electron chi connectivity index (χ4n) is 2.62. The van der Waals surface area contributed by atoms with Crippen LogP contribution in [-0.2, 0) is 9.53 Å². The molecule has 0 heterocycles. The predicted molar refractivity (Wildman–Crippen MR) is 74.5 cm³/mol. The second-order valence-corrected chi connectivity index (χ2v) is 6.43. The van der Waals surface area contributed by atoms with Crippen LogP contribution in [0.25, 0.3) is 0 Å². The monoisotopic (exact) mass is 255 g/mol. The Morgan fingerprint density at radius 1 is 1.33 bits per heavy atom. The summed E-state index contributed by atoms with van der Waals surface area (Å²) in [5, 5.41) is 3.50. The molecule has 2 atom stereocenters. The molecule has 0 radical (unpaired) electrons. The molecule has 106 valence electrons. The van der Waals surface area contributed by atoms with Crippen molar-refractivity contribution in [2.24, 2.45) is 5.92 Å². The number of esters is 1. The van der Waals surface area contributed by atoms with Crippen LogP contribution in [0, 0.1) is 5.92 Å². The topological polar surface area (TPSA) is 38.3 Å². The number of rotatable bonds is 5. The lowest BCUT2D eigenvalue weighted by molar-refractivity contribution is -0.154. The molecule has 0 aromatic carbocycles. The van der Waals surface area contributed by atoms with Crippen LogP contribution in [0.5, 0.6) is 0 Å². The molecule has 3 nitrogen and oxygen atoms in total. The minimum Gasteiger partial charge on any atom is -0.460 e. The van der Waals surface area contributed by atoms with Crippen molar-refractivity contribution >= 4 is 5.97 Å². The summed E-state index contributed by atoms with van der Waals surface area (Å²) in [6.45, 7) is 8.74. The molecule has 1 N–H and O–H groups in total. The molecule has 1 saturated carbocycles. The van der Waals surface area contributed by atoms with E-state index in [4.69, 9.17) is 4.74 Å². The number of ether oxygens (including phenoxy) is 1. The smallest absolute Gasteiger partial charge is 0.307 e. The molecule has 0 saturated heterocycles. The molecule has 1 fully saturated rings. The van der Waals surface area contributed by atoms with Gasteiger partial charge in [0.25, 0.3) is 0 Å². The summed E-state index contributed by atoms with van der Waals surface area (Å²) in [5.74, 6) is 0.774. The average molecular weight is 255 g/mol. The molecule has 1 aliphatic rings. The number of hydrogen-bond acceptors (Lipinski definition) is 3. The van der Waals surface area contributed by atoms with Crippen LogP contribution in [0.3, 0.4) is 0 Å². The van der Waals surface area contributed by atoms with Gasteiger partial charge in [0.2, 0.25) is 0 Å². The Kier molecular flexibility index (Phi) is 6.13. The maximum Gasteiger partial charge on any atom is 0.307 e. The average Bonchev–Trinajstić information content (AvgIpc) is 2.27. The Morgan fingerprint density at radius 3 is 2.67 bits per heavy atom. The minimum atomic E-state index is -0.366. The third-order valence-corrected chi connectivity index (χ3v) is 3.54. The van der Waals surface area contributed by atoms with Gasteiger partial charge in [0.05, 0.1) is 6.42 Å². The zero-order valence-electron chi connectivity index (χ0n) is 12.4. The summed E-state index contributed by atoms with van der Waals surface area (Å²) < 4.78 is 5.29. The van der Waals surface area contributed by atoms with E-state index in [0.29, 0.717) is 12.5 Å². The van der Waals surface area contributed by atoms with Crippen molar-refractivity contribution in [3.05, 3.63) is 0 Å². The highest BCUT2D eigenvalue weighted by Gasteiger charge is 2.21. The van der Waals surface area contributed by atoms with Crippen molar-refractivity contribution in [2.75, 3.05) is 6.54 Å². The summed E-state index contributed by atoms with van der Waals surface area (Å²) in [5.41, 5.74) is -0.366. The maximum absolute atomic E-state index is 11.6. The zero-order valence-corrected chi connectivity index (χ0v) is 12.4. The summed E-state index contributed by atoms with van der Waals surface area (Å²) in [7, 11) is 0. The van der Waals surface area contributed by atoms with E-state index in [1.165, 1.54) is 32.1 Å². The van der Waals surface area contributed by atoms with Crippen LogP contribution in [-0.4, -0.2) is 24.2 Å². The van der Waals surface area contributed by atoms with E-state index in [9.17, 15) is 4.79 Å². The zero-order chi connectivity index (χ0) is 13.6. The number of hydrogen-bond donors (Lipinski definition) is 1. The molecule has 0 bridgehead atoms. The second-order valence-electron chi connectivity index (χ2n) is 6.43. The molecule has 1 rings (SSSR count). The molecule has 18 heavy (non-hydrogen) atoms. The highest BCUT2D eigenvalue weighted by molar-refractivity contribution is 5.70. The highest BCUT2D eigenvalue weighted by atomic mass is 16.6. The van der Waals surface area contributed by atoms with Crippen molar-refractivity contribution in [2.45, 2.75) is 77.9 Å². The van der Waals surface area contributed by atoms with Gasteiger partial charge in [-0.05, 0) is 39.5 Å². The van der Waals surface area contributed by atoms with Gasteiger partial charge in [-0.1, -0.05) is 26.2 Å². The van der Waals surface area contributed by atoms with Crippen molar-refractivity contribution < 1.29 is 9.53 Å². The van der Waals surface area contributed by atoms with E-state index in [2.05, 4.69) is 12.2 Å². The van der Waals surface area contributed by atoms with Crippen LogP contribution in [0.4, 0.5) is 0 Å². The maximum atomic E-state index is 11.6. The van der Waals surface area contributed by atoms with Crippen LogP contribution in [0.15, 0.2) is 0 Å². The number of nitrogens with one attached hydrogen (secondary N) is 1. The van der Waals surface area contributed by atoms with Crippen molar-refractivity contribution in [3.63, 3.8) is 0 Å². The summed E-state index contributed by atoms with van der Waals surface area (Å²) in [4.78, 5) is 11.6. The van der Waals surface area contributed by atoms with E-state index in [1.807, 2.05) is 20.8 Å². The molecule has 0 amide bonds. The summed E-state index contributed by atoms with van der Waals surface area (Å²) in [6, 6.07) is 0.603. The lowest BCUT2D eigenvalue weighted by atomic mass is 9.84. The van der Waals surface area contributed by atoms with Crippen LogP contribution >= 0.6 is 0 Å². The van der Waals surface area contributed by atoms with E-state index in [1.54, 1.807) is 0 Å². The molecular formula is C15H29NO2. The Morgan fingerprint density at radius 2 is 2.06 bits per heavy atom. The number of carbonyl (C=O) groups excluding carboxylic acids is 1. The van der Waals surface area contributed by atoms with Crippen LogP contribution in [0.2, 0.25) is 0 Å². The largest absolute Gasteiger partial charge is 0.460 e. The van der Waals surface area contributed by atoms with E-state index in [-0.39, 0.29) is 11.6 Å². The third-order valence-electron chi connectivity index (χ3n) is 3.54. The summed E-state index contributed by atoms with van der Waals surface area (Å²) in [6.07, 6.45) is 6.98. The van der Waals surface area contributed by atoms with Gasteiger partial charge in [-0.2, -0.15) is 0 Å². The highest BCUT2D eigenvalue weighted by Crippen LogP contribution is 2.26. The molecule has 0 spiro atoms. The van der Waals surface area contributed by atoms with Gasteiger partial charge in [-0.3, -0.25) is 4.79 Å². The van der Waals surface area contributed by atoms with Gasteiger partial charge in [-0.25, -0.2) is 0 Å². The Hall–Kier alpha value is -0.570. The van der Waals surface area contributed by atoms with Crippen LogP contribution < -0.4 is 5.32 Å². The standard InChI is InChI=1S/C15H29NO2/c1-5-12-7-6-8-13(11-12)16-10-9-14(17)18-15(2,3)4/h12-13,16H,5-11H2,1-4H3. The first-order valence-corrected chi connectivity index (χ1v) is 7.36. The van der Waals surface area contributed by atoms with Crippen molar-refractivity contribution in [3.8, 4) is 0 Å². The Bertz CT molecular complexity index is 258. The first kappa shape index (κ1) is 15.5. The quantitative estimate of drug-likeness (QED) is 0.766. The molecule has 0 aromatic rings. The van der Waals surface area contributed by atoms with E-state index in [0.717, 1.165) is 12.5 Å². The second kappa shape index (κ2) is 7.13. The van der Waals surface area contributed by atoms with E-state index < -0.39 is 0 Å². The normalized spacial score (nSPS) is 24.9. The Labute approximate surface area is 112 Å². The fraction of sp³-hybridized carbons (Fsp3) is 0.933. The van der Waals surface area contributed by atoms with Gasteiger partial charge in [-0.15, -0.1) is 0 Å². The molecular weight excluding hydrogens is 226 g/mol. The summed E-state index contributed by atoms with van der Waals surface area (Å²) >= 11 is 0. The molecule has 0 aliphatic heterocycles. The Balaban J connectivity index is 2.15. The van der Waals surface area contributed by atoms with Crippen LogP contribution in [0.1, 0.15) is 66.2 Å².